The summed E-state index contributed by atoms with van der Waals surface area (Å²) in [5.41, 5.74) is 0. The van der Waals surface area contributed by atoms with E-state index in [0.717, 1.165) is 0 Å². The third kappa shape index (κ3) is 6.47. The second-order valence-corrected chi connectivity index (χ2v) is 6.07. The zero-order valence-corrected chi connectivity index (χ0v) is 6.24. The number of halogens is 3. The highest BCUT2D eigenvalue weighted by molar-refractivity contribution is 7.33. The van der Waals surface area contributed by atoms with Gasteiger partial charge in [0.15, 0.2) is 0 Å². The van der Waals surface area contributed by atoms with Crippen molar-refractivity contribution in [3.8, 4) is 0 Å². The van der Waals surface area contributed by atoms with Crippen LogP contribution >= 0.6 is 22.2 Å². The van der Waals surface area contributed by atoms with Crippen LogP contribution in [0.2, 0.25) is 6.04 Å². The monoisotopic (exact) mass is 158 g/mol. The minimum absolute atomic E-state index is 0.463. The van der Waals surface area contributed by atoms with Crippen LogP contribution in [-0.2, 0) is 0 Å². The van der Waals surface area contributed by atoms with E-state index in [0.29, 0.717) is 12.4 Å². The molecule has 0 radical (unpaired) electrons. The second-order valence-electron chi connectivity index (χ2n) is 0.988. The molecule has 0 saturated heterocycles. The lowest BCUT2D eigenvalue weighted by molar-refractivity contribution is 0.719. The number of rotatable bonds is 2. The lowest BCUT2D eigenvalue weighted by atomic mass is 10.7. The number of allylic oxidation sites excluding steroid dienone is 1. The lowest BCUT2D eigenvalue weighted by Gasteiger charge is -1.84. The van der Waals surface area contributed by atoms with Gasteiger partial charge in [-0.3, -0.25) is 0 Å². The highest BCUT2D eigenvalue weighted by atomic mass is 35.7. The summed E-state index contributed by atoms with van der Waals surface area (Å²) in [6.45, 7) is 0. The van der Waals surface area contributed by atoms with E-state index in [2.05, 4.69) is 0 Å². The maximum absolute atomic E-state index is 11.1. The Bertz CT molecular complexity index is 64.0. The summed E-state index contributed by atoms with van der Waals surface area (Å²) in [5, 5.41) is 0. The smallest absolute Gasteiger partial charge is 0.216 e. The topological polar surface area (TPSA) is 0 Å². The summed E-state index contributed by atoms with van der Waals surface area (Å²) in [7, 11) is -1.57. The van der Waals surface area contributed by atoms with Crippen LogP contribution in [-0.4, -0.2) is 7.42 Å². The minimum Gasteiger partial charge on any atom is -0.216 e. The third-order valence-electron chi connectivity index (χ3n) is 0.403. The summed E-state index contributed by atoms with van der Waals surface area (Å²) in [6.07, 6.45) is 1.79. The van der Waals surface area contributed by atoms with Crippen molar-refractivity contribution in [3.63, 3.8) is 0 Å². The molecular weight excluding hydrogens is 154 g/mol. The maximum Gasteiger partial charge on any atom is 0.240 e. The molecule has 0 heterocycles. The van der Waals surface area contributed by atoms with Gasteiger partial charge in [-0.15, -0.1) is 0 Å². The van der Waals surface area contributed by atoms with Gasteiger partial charge >= 0.3 is 0 Å². The Kier molecular flexibility index (Phi) is 4.93. The highest BCUT2D eigenvalue weighted by Crippen LogP contribution is 2.02. The molecular formula is C3H5Cl2FSi. The van der Waals surface area contributed by atoms with Crippen molar-refractivity contribution in [1.29, 1.82) is 0 Å². The van der Waals surface area contributed by atoms with Crippen molar-refractivity contribution >= 4 is 29.6 Å². The molecule has 0 aromatic carbocycles. The van der Waals surface area contributed by atoms with Gasteiger partial charge in [-0.2, -0.15) is 22.2 Å². The molecule has 0 aliphatic rings. The molecule has 0 aromatic rings. The molecule has 0 spiro atoms. The Morgan fingerprint density at radius 2 is 2.14 bits per heavy atom. The third-order valence-corrected chi connectivity index (χ3v) is 2.10. The predicted molar refractivity (Wildman–Crippen MR) is 33.9 cm³/mol. The van der Waals surface area contributed by atoms with Crippen LogP contribution < -0.4 is 0 Å². The van der Waals surface area contributed by atoms with Crippen LogP contribution in [0.5, 0.6) is 0 Å². The van der Waals surface area contributed by atoms with Gasteiger partial charge in [0.2, 0.25) is 7.42 Å². The highest BCUT2D eigenvalue weighted by Gasteiger charge is 1.94. The lowest BCUT2D eigenvalue weighted by Crippen LogP contribution is -1.85. The van der Waals surface area contributed by atoms with Gasteiger partial charge in [0.05, 0.1) is 6.33 Å². The van der Waals surface area contributed by atoms with Gasteiger partial charge in [-0.05, 0) is 6.04 Å². The molecule has 0 amide bonds. The molecule has 42 valence electrons. The van der Waals surface area contributed by atoms with E-state index in [1.807, 2.05) is 0 Å². The Morgan fingerprint density at radius 3 is 2.29 bits per heavy atom. The van der Waals surface area contributed by atoms with Crippen LogP contribution in [0, 0.1) is 0 Å². The Labute approximate surface area is 52.9 Å². The van der Waals surface area contributed by atoms with Crippen molar-refractivity contribution in [2.75, 3.05) is 0 Å². The minimum atomic E-state index is -1.57. The van der Waals surface area contributed by atoms with E-state index in [9.17, 15) is 4.39 Å². The molecule has 0 rings (SSSR count). The Balaban J connectivity index is 2.97. The first-order chi connectivity index (χ1) is 3.27. The van der Waals surface area contributed by atoms with Gasteiger partial charge in [0, 0.05) is 0 Å². The van der Waals surface area contributed by atoms with Gasteiger partial charge in [-0.1, -0.05) is 6.08 Å². The predicted octanol–water partition coefficient (Wildman–Crippen LogP) is 2.17. The van der Waals surface area contributed by atoms with Crippen molar-refractivity contribution in [2.24, 2.45) is 0 Å². The average Bonchev–Trinajstić information content (AvgIpc) is 1.61. The molecule has 0 aliphatic heterocycles. The molecule has 0 aliphatic carbocycles. The fourth-order valence-electron chi connectivity index (χ4n) is 0.154. The van der Waals surface area contributed by atoms with Crippen molar-refractivity contribution in [2.45, 2.75) is 6.04 Å². The number of hydrogen-bond donors (Lipinski definition) is 0. The van der Waals surface area contributed by atoms with Crippen LogP contribution in [0.25, 0.3) is 0 Å². The van der Waals surface area contributed by atoms with E-state index in [1.54, 1.807) is 0 Å². The van der Waals surface area contributed by atoms with Crippen LogP contribution in [0.15, 0.2) is 12.4 Å². The molecule has 0 nitrogen and oxygen atoms in total. The van der Waals surface area contributed by atoms with Crippen LogP contribution in [0.1, 0.15) is 0 Å². The standard InChI is InChI=1S/C3H5Cl2FSi/c4-7(5)3-1-2-6/h1-2,7H,3H2. The van der Waals surface area contributed by atoms with Crippen LogP contribution in [0.4, 0.5) is 4.39 Å². The molecule has 0 unspecified atom stereocenters. The molecule has 0 N–H and O–H groups in total. The van der Waals surface area contributed by atoms with Crippen molar-refractivity contribution < 1.29 is 4.39 Å². The molecule has 0 saturated carbocycles. The van der Waals surface area contributed by atoms with Gasteiger partial charge < -0.3 is 0 Å². The van der Waals surface area contributed by atoms with Gasteiger partial charge in [0.25, 0.3) is 0 Å². The molecule has 4 heteroatoms. The summed E-state index contributed by atoms with van der Waals surface area (Å²) in [6, 6.07) is 0.514. The second kappa shape index (κ2) is 4.62. The summed E-state index contributed by atoms with van der Waals surface area (Å²) in [4.78, 5) is 0. The van der Waals surface area contributed by atoms with Gasteiger partial charge in [0.1, 0.15) is 0 Å². The first-order valence-corrected chi connectivity index (χ1v) is 6.11. The molecule has 0 bridgehead atoms. The normalized spacial score (nSPS) is 11.4. The quantitative estimate of drug-likeness (QED) is 0.427. The fourth-order valence-corrected chi connectivity index (χ4v) is 1.08. The summed E-state index contributed by atoms with van der Waals surface area (Å²) >= 11 is 10.7. The molecule has 7 heavy (non-hydrogen) atoms. The molecule has 0 fully saturated rings. The van der Waals surface area contributed by atoms with Gasteiger partial charge in [-0.25, -0.2) is 4.39 Å². The maximum atomic E-state index is 11.1. The zero-order chi connectivity index (χ0) is 5.70. The van der Waals surface area contributed by atoms with E-state index >= 15 is 0 Å². The summed E-state index contributed by atoms with van der Waals surface area (Å²) < 4.78 is 11.1. The zero-order valence-electron chi connectivity index (χ0n) is 3.57. The number of hydrogen-bond acceptors (Lipinski definition) is 0. The largest absolute Gasteiger partial charge is 0.240 e. The Morgan fingerprint density at radius 1 is 1.57 bits per heavy atom. The van der Waals surface area contributed by atoms with E-state index < -0.39 is 7.42 Å². The molecule has 0 aromatic heterocycles. The molecule has 0 atom stereocenters. The van der Waals surface area contributed by atoms with Crippen LogP contribution in [0.3, 0.4) is 0 Å². The first kappa shape index (κ1) is 7.47. The Hall–Kier alpha value is 0.467. The van der Waals surface area contributed by atoms with E-state index in [1.165, 1.54) is 6.08 Å². The summed E-state index contributed by atoms with van der Waals surface area (Å²) in [5.74, 6) is 0. The van der Waals surface area contributed by atoms with E-state index in [-0.39, 0.29) is 0 Å². The van der Waals surface area contributed by atoms with Crippen molar-refractivity contribution in [1.82, 2.24) is 0 Å². The fraction of sp³-hybridized carbons (Fsp3) is 0.333. The SMILES string of the molecule is FC=CC[SiH](Cl)Cl. The first-order valence-electron chi connectivity index (χ1n) is 1.80. The average molecular weight is 159 g/mol. The van der Waals surface area contributed by atoms with E-state index in [4.69, 9.17) is 22.2 Å². The van der Waals surface area contributed by atoms with Crippen molar-refractivity contribution in [3.05, 3.63) is 12.4 Å².